The molecule has 2 aromatic rings. The second kappa shape index (κ2) is 8.91. The van der Waals surface area contributed by atoms with Gasteiger partial charge in [0.2, 0.25) is 5.95 Å². The second-order valence-electron chi connectivity index (χ2n) is 7.93. The number of amides is 3. The van der Waals surface area contributed by atoms with E-state index in [1.807, 2.05) is 6.92 Å². The van der Waals surface area contributed by atoms with E-state index in [4.69, 9.17) is 0 Å². The molecule has 9 nitrogen and oxygen atoms in total. The first-order chi connectivity index (χ1) is 14.6. The standard InChI is InChI=1S/C20H27N5O4S2/c1-5-6-13(2)31(28,29)16-8-7-15(30-16)14-9-10-21-18(23-14)22-11-12-25-19(27)24-17(26)20(25,3)4/h7-10,13H,5-6,11-12H2,1-4H3,(H,21,22,23)(H,24,26,27). The number of imide groups is 1. The molecule has 3 rings (SSSR count). The van der Waals surface area contributed by atoms with Crippen LogP contribution < -0.4 is 10.6 Å². The Bertz CT molecular complexity index is 1080. The maximum absolute atomic E-state index is 12.7. The van der Waals surface area contributed by atoms with Crippen LogP contribution in [-0.2, 0) is 14.6 Å². The van der Waals surface area contributed by atoms with Crippen LogP contribution in [0.2, 0.25) is 0 Å². The molecule has 3 amide bonds. The Morgan fingerprint density at radius 1 is 1.26 bits per heavy atom. The first-order valence-corrected chi connectivity index (χ1v) is 12.5. The first kappa shape index (κ1) is 23.1. The van der Waals surface area contributed by atoms with Crippen molar-refractivity contribution in [2.24, 2.45) is 0 Å². The molecule has 11 heteroatoms. The van der Waals surface area contributed by atoms with Gasteiger partial charge >= 0.3 is 6.03 Å². The number of hydrogen-bond donors (Lipinski definition) is 2. The number of hydrogen-bond acceptors (Lipinski definition) is 8. The largest absolute Gasteiger partial charge is 0.352 e. The Kier molecular flexibility index (Phi) is 6.65. The van der Waals surface area contributed by atoms with E-state index in [-0.39, 0.29) is 5.91 Å². The van der Waals surface area contributed by atoms with Crippen molar-refractivity contribution in [3.63, 3.8) is 0 Å². The molecule has 1 fully saturated rings. The number of urea groups is 1. The van der Waals surface area contributed by atoms with E-state index in [0.717, 1.165) is 11.3 Å². The highest BCUT2D eigenvalue weighted by atomic mass is 32.2. The number of carbonyl (C=O) groups excluding carboxylic acids is 2. The fraction of sp³-hybridized carbons (Fsp3) is 0.500. The van der Waals surface area contributed by atoms with Gasteiger partial charge in [0.1, 0.15) is 9.75 Å². The van der Waals surface area contributed by atoms with Crippen LogP contribution in [0.4, 0.5) is 10.7 Å². The van der Waals surface area contributed by atoms with Crippen molar-refractivity contribution in [3.05, 3.63) is 24.4 Å². The summed E-state index contributed by atoms with van der Waals surface area (Å²) >= 11 is 1.20. The molecular formula is C20H27N5O4S2. The normalized spacial score (nSPS) is 17.0. The topological polar surface area (TPSA) is 121 Å². The molecule has 168 valence electrons. The summed E-state index contributed by atoms with van der Waals surface area (Å²) in [6, 6.07) is 4.68. The van der Waals surface area contributed by atoms with E-state index < -0.39 is 26.7 Å². The zero-order valence-electron chi connectivity index (χ0n) is 18.0. The number of anilines is 1. The summed E-state index contributed by atoms with van der Waals surface area (Å²) in [5, 5.41) is 4.94. The minimum Gasteiger partial charge on any atom is -0.352 e. The van der Waals surface area contributed by atoms with Gasteiger partial charge in [0.25, 0.3) is 5.91 Å². The lowest BCUT2D eigenvalue weighted by atomic mass is 10.0. The van der Waals surface area contributed by atoms with Crippen LogP contribution in [0.5, 0.6) is 0 Å². The van der Waals surface area contributed by atoms with Gasteiger partial charge in [-0.25, -0.2) is 23.2 Å². The second-order valence-corrected chi connectivity index (χ2v) is 11.6. The van der Waals surface area contributed by atoms with Crippen LogP contribution in [0.25, 0.3) is 10.6 Å². The smallest absolute Gasteiger partial charge is 0.325 e. The number of aromatic nitrogens is 2. The molecule has 0 saturated carbocycles. The lowest BCUT2D eigenvalue weighted by molar-refractivity contribution is -0.125. The summed E-state index contributed by atoms with van der Waals surface area (Å²) in [5.74, 6) is 0.0332. The van der Waals surface area contributed by atoms with Gasteiger partial charge in [-0.05, 0) is 45.4 Å². The van der Waals surface area contributed by atoms with Crippen LogP contribution in [0.1, 0.15) is 40.5 Å². The van der Waals surface area contributed by atoms with Crippen molar-refractivity contribution >= 4 is 39.1 Å². The summed E-state index contributed by atoms with van der Waals surface area (Å²) in [6.07, 6.45) is 3.02. The van der Waals surface area contributed by atoms with Gasteiger partial charge in [-0.1, -0.05) is 13.3 Å². The molecule has 1 aliphatic rings. The molecule has 31 heavy (non-hydrogen) atoms. The Labute approximate surface area is 186 Å². The summed E-state index contributed by atoms with van der Waals surface area (Å²) < 4.78 is 25.8. The monoisotopic (exact) mass is 465 g/mol. The molecule has 1 atom stereocenters. The highest BCUT2D eigenvalue weighted by Gasteiger charge is 2.45. The molecule has 1 aliphatic heterocycles. The van der Waals surface area contributed by atoms with E-state index in [1.54, 1.807) is 45.2 Å². The Hall–Kier alpha value is -2.53. The maximum atomic E-state index is 12.7. The molecule has 0 bridgehead atoms. The molecule has 0 aliphatic carbocycles. The van der Waals surface area contributed by atoms with Crippen LogP contribution in [0, 0.1) is 0 Å². The van der Waals surface area contributed by atoms with E-state index >= 15 is 0 Å². The zero-order valence-corrected chi connectivity index (χ0v) is 19.6. The fourth-order valence-electron chi connectivity index (χ4n) is 3.31. The third kappa shape index (κ3) is 4.72. The third-order valence-electron chi connectivity index (χ3n) is 5.31. The van der Waals surface area contributed by atoms with Crippen LogP contribution >= 0.6 is 11.3 Å². The molecule has 0 aromatic carbocycles. The van der Waals surface area contributed by atoms with Crippen molar-refractivity contribution in [1.82, 2.24) is 20.2 Å². The number of nitrogens with one attached hydrogen (secondary N) is 2. The quantitative estimate of drug-likeness (QED) is 0.546. The highest BCUT2D eigenvalue weighted by molar-refractivity contribution is 7.94. The lowest BCUT2D eigenvalue weighted by Crippen LogP contribution is -2.46. The van der Waals surface area contributed by atoms with Crippen molar-refractivity contribution in [3.8, 4) is 10.6 Å². The Balaban J connectivity index is 1.68. The van der Waals surface area contributed by atoms with Crippen LogP contribution in [0.3, 0.4) is 0 Å². The van der Waals surface area contributed by atoms with Gasteiger partial charge in [-0.3, -0.25) is 10.1 Å². The van der Waals surface area contributed by atoms with Gasteiger partial charge in [0.15, 0.2) is 9.84 Å². The van der Waals surface area contributed by atoms with Gasteiger partial charge in [0, 0.05) is 19.3 Å². The SMILES string of the molecule is CCCC(C)S(=O)(=O)c1ccc(-c2ccnc(NCCN3C(=O)NC(=O)C3(C)C)n2)s1. The molecule has 0 spiro atoms. The van der Waals surface area contributed by atoms with Gasteiger partial charge in [-0.15, -0.1) is 11.3 Å². The fourth-order valence-corrected chi connectivity index (χ4v) is 6.44. The molecule has 1 unspecified atom stereocenters. The predicted octanol–water partition coefficient (Wildman–Crippen LogP) is 2.91. The van der Waals surface area contributed by atoms with Crippen molar-refractivity contribution in [2.45, 2.75) is 55.5 Å². The number of carbonyl (C=O) groups is 2. The lowest BCUT2D eigenvalue weighted by Gasteiger charge is -2.27. The van der Waals surface area contributed by atoms with Gasteiger partial charge in [0.05, 0.1) is 15.8 Å². The maximum Gasteiger partial charge on any atom is 0.325 e. The third-order valence-corrected chi connectivity index (χ3v) is 9.15. The molecule has 0 radical (unpaired) electrons. The predicted molar refractivity (Wildman–Crippen MR) is 120 cm³/mol. The minimum absolute atomic E-state index is 0.300. The highest BCUT2D eigenvalue weighted by Crippen LogP contribution is 2.32. The van der Waals surface area contributed by atoms with Gasteiger partial charge < -0.3 is 10.2 Å². The Morgan fingerprint density at radius 2 is 2.00 bits per heavy atom. The minimum atomic E-state index is -3.35. The van der Waals surface area contributed by atoms with E-state index in [9.17, 15) is 18.0 Å². The van der Waals surface area contributed by atoms with Crippen molar-refractivity contribution in [2.75, 3.05) is 18.4 Å². The van der Waals surface area contributed by atoms with Crippen LogP contribution in [0.15, 0.2) is 28.6 Å². The van der Waals surface area contributed by atoms with Gasteiger partial charge in [-0.2, -0.15) is 0 Å². The first-order valence-electron chi connectivity index (χ1n) is 10.1. The van der Waals surface area contributed by atoms with Crippen molar-refractivity contribution in [1.29, 1.82) is 0 Å². The number of nitrogens with zero attached hydrogens (tertiary/aromatic N) is 3. The summed E-state index contributed by atoms with van der Waals surface area (Å²) in [4.78, 5) is 34.6. The zero-order chi connectivity index (χ0) is 22.8. The number of sulfone groups is 1. The molecular weight excluding hydrogens is 438 g/mol. The van der Waals surface area contributed by atoms with Crippen molar-refractivity contribution < 1.29 is 18.0 Å². The summed E-state index contributed by atoms with van der Waals surface area (Å²) in [6.45, 7) is 7.74. The average Bonchev–Trinajstić information content (AvgIpc) is 3.28. The number of rotatable bonds is 9. The molecule has 2 N–H and O–H groups in total. The Morgan fingerprint density at radius 3 is 2.65 bits per heavy atom. The number of thiophene rings is 1. The molecule has 1 saturated heterocycles. The van der Waals surface area contributed by atoms with Crippen LogP contribution in [-0.4, -0.2) is 59.1 Å². The average molecular weight is 466 g/mol. The summed E-state index contributed by atoms with van der Waals surface area (Å²) in [5.41, 5.74) is -0.295. The van der Waals surface area contributed by atoms with E-state index in [0.29, 0.717) is 35.4 Å². The molecule has 2 aromatic heterocycles. The van der Waals surface area contributed by atoms with E-state index in [2.05, 4.69) is 20.6 Å². The van der Waals surface area contributed by atoms with E-state index in [1.165, 1.54) is 16.2 Å². The molecule has 3 heterocycles. The summed E-state index contributed by atoms with van der Waals surface area (Å²) in [7, 11) is -3.35.